The van der Waals surface area contributed by atoms with Gasteiger partial charge >= 0.3 is 9.95 Å². The number of ether oxygens (including phenoxy) is 1. The lowest BCUT2D eigenvalue weighted by molar-refractivity contribution is -0.148. The van der Waals surface area contributed by atoms with Gasteiger partial charge in [-0.1, -0.05) is 22.7 Å². The molecule has 1 aliphatic rings. The topological polar surface area (TPSA) is 29.3 Å². The van der Waals surface area contributed by atoms with Gasteiger partial charge in [-0.2, -0.15) is 0 Å². The Morgan fingerprint density at radius 1 is 1.56 bits per heavy atom. The summed E-state index contributed by atoms with van der Waals surface area (Å²) in [4.78, 5) is 11.7. The van der Waals surface area contributed by atoms with Crippen molar-refractivity contribution in [3.05, 3.63) is 14.7 Å². The average molecular weight is 258 g/mol. The van der Waals surface area contributed by atoms with E-state index in [0.29, 0.717) is 6.61 Å². The molecule has 0 aliphatic carbocycles. The summed E-state index contributed by atoms with van der Waals surface area (Å²) in [6.07, 6.45) is 2.04. The van der Waals surface area contributed by atoms with Gasteiger partial charge in [-0.15, -0.1) is 0 Å². The summed E-state index contributed by atoms with van der Waals surface area (Å²) in [5.74, 6) is 0.0248. The van der Waals surface area contributed by atoms with Gasteiger partial charge in [-0.3, -0.25) is 4.79 Å². The van der Waals surface area contributed by atoms with Crippen molar-refractivity contribution in [3.63, 3.8) is 0 Å². The molecular formula is C11H16NO2S2+. The standard InChI is InChI=1S/C11H16NO2S2/c1-2-14-10(13)9-4-3-5-12(8-9)11-15-6-7-16-11/h6-7,9H,2-5,8H2,1H3/q+1. The molecule has 2 heterocycles. The molecule has 0 radical (unpaired) electrons. The summed E-state index contributed by atoms with van der Waals surface area (Å²) >= 11 is 3.50. The van der Waals surface area contributed by atoms with E-state index in [1.54, 1.807) is 22.7 Å². The van der Waals surface area contributed by atoms with Crippen LogP contribution in [0.15, 0.2) is 10.8 Å². The van der Waals surface area contributed by atoms with Crippen LogP contribution in [0.4, 0.5) is 0 Å². The van der Waals surface area contributed by atoms with E-state index in [4.69, 9.17) is 4.74 Å². The van der Waals surface area contributed by atoms with E-state index < -0.39 is 0 Å². The molecule has 1 unspecified atom stereocenters. The number of hydrogen-bond donors (Lipinski definition) is 0. The van der Waals surface area contributed by atoms with Crippen LogP contribution in [0.25, 0.3) is 0 Å². The highest BCUT2D eigenvalue weighted by molar-refractivity contribution is 7.24. The zero-order valence-corrected chi connectivity index (χ0v) is 11.0. The highest BCUT2D eigenvalue weighted by Crippen LogP contribution is 2.14. The van der Waals surface area contributed by atoms with E-state index in [1.807, 2.05) is 6.92 Å². The summed E-state index contributed by atoms with van der Waals surface area (Å²) in [6, 6.07) is 0. The van der Waals surface area contributed by atoms with Crippen molar-refractivity contribution in [3.8, 4) is 0 Å². The minimum absolute atomic E-state index is 0.0336. The normalized spacial score (nSPS) is 20.8. The second-order valence-corrected chi connectivity index (χ2v) is 5.86. The molecule has 1 atom stereocenters. The van der Waals surface area contributed by atoms with Crippen LogP contribution in [-0.2, 0) is 9.53 Å². The number of carbonyl (C=O) groups excluding carboxylic acids is 1. The van der Waals surface area contributed by atoms with Gasteiger partial charge in [0.15, 0.2) is 6.54 Å². The third-order valence-electron chi connectivity index (χ3n) is 2.69. The molecule has 1 aliphatic heterocycles. The van der Waals surface area contributed by atoms with Crippen LogP contribution in [0.1, 0.15) is 19.8 Å². The molecule has 0 saturated carbocycles. The Kier molecular flexibility index (Phi) is 4.12. The molecule has 1 saturated heterocycles. The lowest BCUT2D eigenvalue weighted by Crippen LogP contribution is -2.40. The van der Waals surface area contributed by atoms with E-state index in [0.717, 1.165) is 25.9 Å². The van der Waals surface area contributed by atoms with Gasteiger partial charge in [0.1, 0.15) is 12.5 Å². The number of hydrogen-bond acceptors (Lipinski definition) is 4. The van der Waals surface area contributed by atoms with Gasteiger partial charge in [0, 0.05) is 17.2 Å². The van der Waals surface area contributed by atoms with E-state index in [-0.39, 0.29) is 11.9 Å². The van der Waals surface area contributed by atoms with E-state index >= 15 is 0 Å². The minimum Gasteiger partial charge on any atom is -0.466 e. The lowest BCUT2D eigenvalue weighted by Gasteiger charge is -2.18. The predicted molar refractivity (Wildman–Crippen MR) is 66.6 cm³/mol. The van der Waals surface area contributed by atoms with Gasteiger partial charge in [-0.05, 0) is 13.3 Å². The zero-order valence-electron chi connectivity index (χ0n) is 9.35. The second-order valence-electron chi connectivity index (χ2n) is 3.81. The van der Waals surface area contributed by atoms with Gasteiger partial charge in [0.25, 0.3) is 0 Å². The number of piperidine rings is 1. The number of nitrogens with zero attached hydrogens (tertiary/aromatic N) is 1. The monoisotopic (exact) mass is 258 g/mol. The Bertz CT molecular complexity index is 405. The first-order chi connectivity index (χ1) is 7.81. The maximum atomic E-state index is 11.7. The molecule has 0 aromatic carbocycles. The number of carbonyl (C=O) groups is 1. The van der Waals surface area contributed by atoms with Crippen molar-refractivity contribution in [2.75, 3.05) is 19.7 Å². The Morgan fingerprint density at radius 3 is 3.00 bits per heavy atom. The van der Waals surface area contributed by atoms with Crippen molar-refractivity contribution in [2.45, 2.75) is 19.8 Å². The fourth-order valence-electron chi connectivity index (χ4n) is 1.94. The molecule has 1 aromatic heterocycles. The average Bonchev–Trinajstić information content (AvgIpc) is 2.83. The van der Waals surface area contributed by atoms with Crippen molar-refractivity contribution in [1.29, 1.82) is 0 Å². The minimum atomic E-state index is -0.0336. The summed E-state index contributed by atoms with van der Waals surface area (Å²) in [6.45, 7) is 4.22. The summed E-state index contributed by atoms with van der Waals surface area (Å²) in [7, 11) is 0. The van der Waals surface area contributed by atoms with Crippen LogP contribution < -0.4 is 8.56 Å². The molecule has 0 N–H and O–H groups in total. The Hall–Kier alpha value is -0.680. The van der Waals surface area contributed by atoms with Crippen LogP contribution in [0.3, 0.4) is 0 Å². The molecule has 0 amide bonds. The number of esters is 1. The van der Waals surface area contributed by atoms with Crippen LogP contribution in [0.5, 0.6) is 0 Å². The molecule has 88 valence electrons. The second kappa shape index (κ2) is 5.59. The largest absolute Gasteiger partial charge is 0.466 e. The van der Waals surface area contributed by atoms with Crippen molar-refractivity contribution >= 4 is 28.6 Å². The van der Waals surface area contributed by atoms with Crippen LogP contribution >= 0.6 is 22.7 Å². The fraction of sp³-hybridized carbons (Fsp3) is 0.636. The molecule has 0 spiro atoms. The van der Waals surface area contributed by atoms with E-state index in [2.05, 4.69) is 15.3 Å². The Morgan fingerprint density at radius 2 is 2.31 bits per heavy atom. The Labute approximate surface area is 103 Å². The zero-order chi connectivity index (χ0) is 11.4. The van der Waals surface area contributed by atoms with Gasteiger partial charge in [0.2, 0.25) is 0 Å². The lowest BCUT2D eigenvalue weighted by atomic mass is 9.99. The van der Waals surface area contributed by atoms with Crippen LogP contribution in [0.2, 0.25) is 0 Å². The summed E-state index contributed by atoms with van der Waals surface area (Å²) < 4.78 is 8.69. The Balaban J connectivity index is 2.11. The molecular weight excluding hydrogens is 242 g/mol. The molecule has 16 heavy (non-hydrogen) atoms. The van der Waals surface area contributed by atoms with Crippen LogP contribution in [0, 0.1) is 5.92 Å². The first kappa shape index (κ1) is 11.8. The molecule has 0 bridgehead atoms. The third-order valence-corrected chi connectivity index (χ3v) is 4.91. The molecule has 5 heteroatoms. The SMILES string of the molecule is CCOC(=O)C1CCC[N+](=c2sccs2)C1. The quantitative estimate of drug-likeness (QED) is 0.595. The maximum Gasteiger partial charge on any atom is 0.315 e. The first-order valence-electron chi connectivity index (χ1n) is 5.58. The maximum absolute atomic E-state index is 11.7. The first-order valence-corrected chi connectivity index (χ1v) is 7.34. The molecule has 3 nitrogen and oxygen atoms in total. The van der Waals surface area contributed by atoms with Crippen molar-refractivity contribution in [1.82, 2.24) is 4.58 Å². The van der Waals surface area contributed by atoms with Gasteiger partial charge in [0.05, 0.1) is 6.61 Å². The molecule has 2 rings (SSSR count). The van der Waals surface area contributed by atoms with Gasteiger partial charge in [-0.25, -0.2) is 4.58 Å². The highest BCUT2D eigenvalue weighted by atomic mass is 32.2. The third kappa shape index (κ3) is 2.71. The summed E-state index contributed by atoms with van der Waals surface area (Å²) in [5, 5.41) is 4.18. The van der Waals surface area contributed by atoms with Crippen LogP contribution in [-0.4, -0.2) is 25.7 Å². The van der Waals surface area contributed by atoms with Gasteiger partial charge < -0.3 is 4.74 Å². The highest BCUT2D eigenvalue weighted by Gasteiger charge is 2.29. The fourth-order valence-corrected chi connectivity index (χ4v) is 3.81. The van der Waals surface area contributed by atoms with E-state index in [1.165, 1.54) is 3.98 Å². The summed E-state index contributed by atoms with van der Waals surface area (Å²) in [5.41, 5.74) is 0. The van der Waals surface area contributed by atoms with Crippen molar-refractivity contribution < 1.29 is 9.53 Å². The van der Waals surface area contributed by atoms with E-state index in [9.17, 15) is 4.79 Å². The molecule has 1 aromatic rings. The smallest absolute Gasteiger partial charge is 0.315 e. The number of rotatable bonds is 2. The van der Waals surface area contributed by atoms with Crippen molar-refractivity contribution in [2.24, 2.45) is 5.92 Å². The predicted octanol–water partition coefficient (Wildman–Crippen LogP) is 1.55. The molecule has 1 fully saturated rings.